The van der Waals surface area contributed by atoms with E-state index in [9.17, 15) is 14.9 Å². The van der Waals surface area contributed by atoms with Crippen LogP contribution in [0, 0.1) is 17.0 Å². The van der Waals surface area contributed by atoms with Crippen molar-refractivity contribution in [3.05, 3.63) is 39.4 Å². The van der Waals surface area contributed by atoms with Gasteiger partial charge in [0.25, 0.3) is 11.6 Å². The van der Waals surface area contributed by atoms with Gasteiger partial charge in [0.2, 0.25) is 0 Å². The fraction of sp³-hybridized carbons (Fsp3) is 0.500. The van der Waals surface area contributed by atoms with Gasteiger partial charge in [0.05, 0.1) is 17.6 Å². The zero-order valence-electron chi connectivity index (χ0n) is 12.2. The maximum Gasteiger partial charge on any atom is 0.269 e. The molecule has 1 fully saturated rings. The van der Waals surface area contributed by atoms with Crippen LogP contribution < -0.4 is 5.32 Å². The van der Waals surface area contributed by atoms with Gasteiger partial charge in [-0.25, -0.2) is 0 Å². The number of hydrogen-bond donors (Lipinski definition) is 1. The van der Waals surface area contributed by atoms with Gasteiger partial charge in [-0.3, -0.25) is 14.9 Å². The average Bonchev–Trinajstić information content (AvgIpc) is 2.47. The summed E-state index contributed by atoms with van der Waals surface area (Å²) in [5.41, 5.74) is 1.12. The van der Waals surface area contributed by atoms with Gasteiger partial charge >= 0.3 is 0 Å². The molecule has 1 aliphatic heterocycles. The summed E-state index contributed by atoms with van der Waals surface area (Å²) in [6, 6.07) is 4.32. The molecule has 1 atom stereocenters. The Hall–Kier alpha value is -1.99. The quantitative estimate of drug-likeness (QED) is 0.660. The molecule has 0 spiro atoms. The predicted molar refractivity (Wildman–Crippen MR) is 77.4 cm³/mol. The molecule has 1 aliphatic rings. The van der Waals surface area contributed by atoms with Crippen LogP contribution in [0.5, 0.6) is 0 Å². The third-order valence-electron chi connectivity index (χ3n) is 3.51. The van der Waals surface area contributed by atoms with Crippen LogP contribution in [0.15, 0.2) is 18.2 Å². The molecule has 7 heteroatoms. The van der Waals surface area contributed by atoms with E-state index in [0.29, 0.717) is 37.4 Å². The Labute approximate surface area is 123 Å². The first kappa shape index (κ1) is 15.4. The Balaban J connectivity index is 2.14. The molecule has 0 radical (unpaired) electrons. The Kier molecular flexibility index (Phi) is 4.87. The Bertz CT molecular complexity index is 545. The lowest BCUT2D eigenvalue weighted by Gasteiger charge is -2.33. The maximum atomic E-state index is 12.5. The van der Waals surface area contributed by atoms with Crippen molar-refractivity contribution in [3.8, 4) is 0 Å². The minimum Gasteiger partial charge on any atom is -0.373 e. The van der Waals surface area contributed by atoms with E-state index in [0.717, 1.165) is 0 Å². The van der Waals surface area contributed by atoms with E-state index >= 15 is 0 Å². The first-order valence-corrected chi connectivity index (χ1v) is 6.83. The van der Waals surface area contributed by atoms with Crippen molar-refractivity contribution in [2.24, 2.45) is 0 Å². The number of nitrogens with one attached hydrogen (secondary N) is 1. The number of carbonyl (C=O) groups is 1. The standard InChI is InChI=1S/C14H19N3O4/c1-10-7-11(17(19)20)3-4-13(10)14(18)16-5-6-21-12(9-16)8-15-2/h3-4,7,12,15H,5-6,8-9H2,1-2H3. The highest BCUT2D eigenvalue weighted by molar-refractivity contribution is 5.96. The summed E-state index contributed by atoms with van der Waals surface area (Å²) in [7, 11) is 1.84. The van der Waals surface area contributed by atoms with E-state index in [1.54, 1.807) is 11.8 Å². The number of non-ortho nitro benzene ring substituents is 1. The minimum absolute atomic E-state index is 0.000845. The minimum atomic E-state index is -0.459. The van der Waals surface area contributed by atoms with Crippen molar-refractivity contribution < 1.29 is 14.5 Å². The number of aryl methyl sites for hydroxylation is 1. The van der Waals surface area contributed by atoms with Gasteiger partial charge in [-0.15, -0.1) is 0 Å². The molecule has 7 nitrogen and oxygen atoms in total. The van der Waals surface area contributed by atoms with E-state index in [1.165, 1.54) is 18.2 Å². The monoisotopic (exact) mass is 293 g/mol. The molecule has 1 heterocycles. The molecule has 1 N–H and O–H groups in total. The molecule has 0 saturated carbocycles. The lowest BCUT2D eigenvalue weighted by Crippen LogP contribution is -2.48. The Morgan fingerprint density at radius 2 is 2.33 bits per heavy atom. The predicted octanol–water partition coefficient (Wildman–Crippen LogP) is 0.964. The number of likely N-dealkylation sites (N-methyl/N-ethyl adjacent to an activating group) is 1. The summed E-state index contributed by atoms with van der Waals surface area (Å²) in [6.45, 7) is 3.96. The lowest BCUT2D eigenvalue weighted by atomic mass is 10.1. The van der Waals surface area contributed by atoms with Crippen LogP contribution in [0.4, 0.5) is 5.69 Å². The Morgan fingerprint density at radius 3 is 2.95 bits per heavy atom. The third-order valence-corrected chi connectivity index (χ3v) is 3.51. The summed E-state index contributed by atoms with van der Waals surface area (Å²) in [5, 5.41) is 13.8. The number of ether oxygens (including phenoxy) is 1. The molecule has 21 heavy (non-hydrogen) atoms. The van der Waals surface area contributed by atoms with Gasteiger partial charge in [0, 0.05) is 37.3 Å². The summed E-state index contributed by atoms with van der Waals surface area (Å²) < 4.78 is 5.57. The molecule has 0 aromatic heterocycles. The highest BCUT2D eigenvalue weighted by Crippen LogP contribution is 2.19. The van der Waals surface area contributed by atoms with Crippen molar-refractivity contribution >= 4 is 11.6 Å². The largest absolute Gasteiger partial charge is 0.373 e. The van der Waals surface area contributed by atoms with Crippen molar-refractivity contribution in [2.45, 2.75) is 13.0 Å². The number of morpholine rings is 1. The van der Waals surface area contributed by atoms with E-state index in [1.807, 2.05) is 7.05 Å². The molecular weight excluding hydrogens is 274 g/mol. The molecular formula is C14H19N3O4. The van der Waals surface area contributed by atoms with Gasteiger partial charge in [0.15, 0.2) is 0 Å². The van der Waals surface area contributed by atoms with Crippen LogP contribution in [0.25, 0.3) is 0 Å². The van der Waals surface area contributed by atoms with Crippen molar-refractivity contribution in [1.82, 2.24) is 10.2 Å². The van der Waals surface area contributed by atoms with Crippen molar-refractivity contribution in [2.75, 3.05) is 33.3 Å². The van der Waals surface area contributed by atoms with Crippen LogP contribution >= 0.6 is 0 Å². The van der Waals surface area contributed by atoms with Crippen LogP contribution in [0.2, 0.25) is 0 Å². The molecule has 1 saturated heterocycles. The molecule has 1 aromatic carbocycles. The molecule has 2 rings (SSSR count). The number of benzene rings is 1. The normalized spacial score (nSPS) is 18.6. The van der Waals surface area contributed by atoms with E-state index < -0.39 is 4.92 Å². The number of hydrogen-bond acceptors (Lipinski definition) is 5. The molecule has 1 unspecified atom stereocenters. The highest BCUT2D eigenvalue weighted by Gasteiger charge is 2.26. The molecule has 0 bridgehead atoms. The van der Waals surface area contributed by atoms with E-state index in [4.69, 9.17) is 4.74 Å². The van der Waals surface area contributed by atoms with Crippen LogP contribution in [0.3, 0.4) is 0 Å². The second-order valence-electron chi connectivity index (χ2n) is 5.06. The number of nitro groups is 1. The summed E-state index contributed by atoms with van der Waals surface area (Å²) >= 11 is 0. The number of nitrogens with zero attached hydrogens (tertiary/aromatic N) is 2. The molecule has 1 aromatic rings. The number of carbonyl (C=O) groups excluding carboxylic acids is 1. The van der Waals surface area contributed by atoms with Gasteiger partial charge in [-0.1, -0.05) is 0 Å². The zero-order chi connectivity index (χ0) is 15.4. The van der Waals surface area contributed by atoms with E-state index in [2.05, 4.69) is 5.32 Å². The van der Waals surface area contributed by atoms with E-state index in [-0.39, 0.29) is 17.7 Å². The summed E-state index contributed by atoms with van der Waals surface area (Å²) in [6.07, 6.45) is -0.0222. The second-order valence-corrected chi connectivity index (χ2v) is 5.06. The fourth-order valence-electron chi connectivity index (χ4n) is 2.43. The summed E-state index contributed by atoms with van der Waals surface area (Å²) in [4.78, 5) is 24.5. The SMILES string of the molecule is CNCC1CN(C(=O)c2ccc([N+](=O)[O-])cc2C)CCO1. The first-order chi connectivity index (χ1) is 10.0. The van der Waals surface area contributed by atoms with Gasteiger partial charge in [-0.05, 0) is 25.6 Å². The zero-order valence-corrected chi connectivity index (χ0v) is 12.2. The molecule has 114 valence electrons. The van der Waals surface area contributed by atoms with Crippen molar-refractivity contribution in [1.29, 1.82) is 0 Å². The topological polar surface area (TPSA) is 84.7 Å². The highest BCUT2D eigenvalue weighted by atomic mass is 16.6. The van der Waals surface area contributed by atoms with Crippen LogP contribution in [0.1, 0.15) is 15.9 Å². The fourth-order valence-corrected chi connectivity index (χ4v) is 2.43. The maximum absolute atomic E-state index is 12.5. The third kappa shape index (κ3) is 3.56. The van der Waals surface area contributed by atoms with Gasteiger partial charge in [0.1, 0.15) is 0 Å². The first-order valence-electron chi connectivity index (χ1n) is 6.83. The van der Waals surface area contributed by atoms with Crippen LogP contribution in [-0.4, -0.2) is 55.1 Å². The number of rotatable bonds is 4. The number of amides is 1. The molecule has 1 amide bonds. The lowest BCUT2D eigenvalue weighted by molar-refractivity contribution is -0.384. The van der Waals surface area contributed by atoms with Gasteiger partial charge in [-0.2, -0.15) is 0 Å². The smallest absolute Gasteiger partial charge is 0.269 e. The summed E-state index contributed by atoms with van der Waals surface area (Å²) in [5.74, 6) is -0.105. The van der Waals surface area contributed by atoms with Gasteiger partial charge < -0.3 is 15.0 Å². The Morgan fingerprint density at radius 1 is 1.57 bits per heavy atom. The average molecular weight is 293 g/mol. The van der Waals surface area contributed by atoms with Crippen LogP contribution in [-0.2, 0) is 4.74 Å². The number of nitro benzene ring substituents is 1. The second kappa shape index (κ2) is 6.64. The van der Waals surface area contributed by atoms with Crippen molar-refractivity contribution in [3.63, 3.8) is 0 Å². The molecule has 0 aliphatic carbocycles.